The molecule has 0 bridgehead atoms. The number of amides is 1. The van der Waals surface area contributed by atoms with Crippen LogP contribution >= 0.6 is 0 Å². The third kappa shape index (κ3) is 2.93. The molecule has 0 saturated carbocycles. The molecule has 1 amide bonds. The summed E-state index contributed by atoms with van der Waals surface area (Å²) < 4.78 is 10.5. The molecule has 3 rings (SSSR count). The average molecular weight is 344 g/mol. The van der Waals surface area contributed by atoms with E-state index in [1.165, 1.54) is 20.3 Å². The van der Waals surface area contributed by atoms with Gasteiger partial charge in [-0.1, -0.05) is 6.07 Å². The Kier molecular flexibility index (Phi) is 4.18. The number of benzene rings is 2. The quantitative estimate of drug-likeness (QED) is 0.626. The molecule has 2 aromatic carbocycles. The first kappa shape index (κ1) is 16.6. The van der Waals surface area contributed by atoms with Gasteiger partial charge in [0.15, 0.2) is 22.9 Å². The summed E-state index contributed by atoms with van der Waals surface area (Å²) in [6.45, 7) is 1.78. The number of carbonyl (C=O) groups excluding carboxylic acids is 1. The number of aryl methyl sites for hydroxylation is 1. The van der Waals surface area contributed by atoms with Crippen LogP contribution in [-0.2, 0) is 11.2 Å². The Bertz CT molecular complexity index is 864. The van der Waals surface area contributed by atoms with Crippen molar-refractivity contribution in [2.24, 2.45) is 0 Å². The zero-order valence-corrected chi connectivity index (χ0v) is 13.9. The molecule has 0 fully saturated rings. The molecular formula is C17H16N2O6. The molecule has 0 spiro atoms. The van der Waals surface area contributed by atoms with Gasteiger partial charge in [0, 0.05) is 17.7 Å². The summed E-state index contributed by atoms with van der Waals surface area (Å²) in [7, 11) is 2.99. The highest BCUT2D eigenvalue weighted by Crippen LogP contribution is 2.40. The van der Waals surface area contributed by atoms with Crippen LogP contribution in [0.25, 0.3) is 0 Å². The van der Waals surface area contributed by atoms with E-state index in [4.69, 9.17) is 14.3 Å². The smallest absolute Gasteiger partial charge is 0.296 e. The van der Waals surface area contributed by atoms with E-state index in [9.17, 15) is 14.9 Å². The molecule has 25 heavy (non-hydrogen) atoms. The molecule has 0 aromatic heterocycles. The number of nitrogens with zero attached hydrogens (tertiary/aromatic N) is 2. The van der Waals surface area contributed by atoms with Crippen LogP contribution in [-0.4, -0.2) is 25.1 Å². The second-order valence-corrected chi connectivity index (χ2v) is 5.52. The first-order valence-electron chi connectivity index (χ1n) is 7.45. The van der Waals surface area contributed by atoms with Gasteiger partial charge in [0.05, 0.1) is 25.6 Å². The molecule has 0 radical (unpaired) electrons. The fraction of sp³-hybridized carbons (Fsp3) is 0.235. The van der Waals surface area contributed by atoms with Crippen LogP contribution in [0.5, 0.6) is 17.2 Å². The molecule has 0 unspecified atom stereocenters. The fourth-order valence-corrected chi connectivity index (χ4v) is 2.64. The second-order valence-electron chi connectivity index (χ2n) is 5.52. The number of hydrogen-bond donors (Lipinski definition) is 0. The lowest BCUT2D eigenvalue weighted by Gasteiger charge is -2.28. The molecular weight excluding hydrogens is 328 g/mol. The van der Waals surface area contributed by atoms with Crippen LogP contribution in [0, 0.1) is 17.0 Å². The fourth-order valence-electron chi connectivity index (χ4n) is 2.64. The van der Waals surface area contributed by atoms with Crippen molar-refractivity contribution in [3.63, 3.8) is 0 Å². The summed E-state index contributed by atoms with van der Waals surface area (Å²) in [6.07, 6.45) is 0.0286. The topological polar surface area (TPSA) is 91.1 Å². The highest BCUT2D eigenvalue weighted by Gasteiger charge is 2.32. The van der Waals surface area contributed by atoms with E-state index in [0.717, 1.165) is 10.6 Å². The standard InChI is InChI=1S/C17H16N2O6/c1-10-4-5-12(19(21)22)13(6-10)18-17(20)8-11-7-15(23-2)16(24-3)9-14(11)25-18/h4-7,9H,8H2,1-3H3. The number of hydroxylamine groups is 1. The van der Waals surface area contributed by atoms with Crippen LogP contribution < -0.4 is 19.4 Å². The Morgan fingerprint density at radius 2 is 1.84 bits per heavy atom. The van der Waals surface area contributed by atoms with Crippen molar-refractivity contribution in [1.29, 1.82) is 0 Å². The lowest BCUT2D eigenvalue weighted by molar-refractivity contribution is -0.384. The van der Waals surface area contributed by atoms with Gasteiger partial charge < -0.3 is 14.3 Å². The van der Waals surface area contributed by atoms with Crippen molar-refractivity contribution in [2.45, 2.75) is 13.3 Å². The van der Waals surface area contributed by atoms with Crippen LogP contribution in [0.1, 0.15) is 11.1 Å². The number of methoxy groups -OCH3 is 2. The number of ether oxygens (including phenoxy) is 2. The number of nitro groups is 1. The molecule has 1 aliphatic heterocycles. The SMILES string of the molecule is COc1cc2c(cc1OC)ON(c1cc(C)ccc1[N+](=O)[O-])C(=O)C2. The van der Waals surface area contributed by atoms with Gasteiger partial charge in [0.2, 0.25) is 0 Å². The molecule has 2 aromatic rings. The van der Waals surface area contributed by atoms with E-state index >= 15 is 0 Å². The maximum Gasteiger partial charge on any atom is 0.296 e. The van der Waals surface area contributed by atoms with Gasteiger partial charge in [-0.05, 0) is 24.6 Å². The Hall–Kier alpha value is -3.29. The van der Waals surface area contributed by atoms with Crippen molar-refractivity contribution in [2.75, 3.05) is 19.3 Å². The average Bonchev–Trinajstić information content (AvgIpc) is 2.59. The molecule has 0 saturated heterocycles. The summed E-state index contributed by atoms with van der Waals surface area (Å²) in [5, 5.41) is 12.2. The predicted octanol–water partition coefficient (Wildman–Crippen LogP) is 2.80. The molecule has 8 nitrogen and oxygen atoms in total. The maximum atomic E-state index is 12.5. The number of carbonyl (C=O) groups is 1. The summed E-state index contributed by atoms with van der Waals surface area (Å²) >= 11 is 0. The summed E-state index contributed by atoms with van der Waals surface area (Å²) in [5.74, 6) is 0.892. The normalized spacial score (nSPS) is 13.1. The van der Waals surface area contributed by atoms with Gasteiger partial charge >= 0.3 is 0 Å². The van der Waals surface area contributed by atoms with Gasteiger partial charge in [-0.3, -0.25) is 14.9 Å². The lowest BCUT2D eigenvalue weighted by Crippen LogP contribution is -2.39. The first-order chi connectivity index (χ1) is 11.9. The lowest BCUT2D eigenvalue weighted by atomic mass is 10.1. The number of hydrogen-bond acceptors (Lipinski definition) is 6. The van der Waals surface area contributed by atoms with E-state index in [-0.39, 0.29) is 17.8 Å². The van der Waals surface area contributed by atoms with Crippen molar-refractivity contribution < 1.29 is 24.0 Å². The minimum atomic E-state index is -0.546. The van der Waals surface area contributed by atoms with Crippen LogP contribution in [0.3, 0.4) is 0 Å². The maximum absolute atomic E-state index is 12.5. The van der Waals surface area contributed by atoms with Crippen molar-refractivity contribution in [3.8, 4) is 17.2 Å². The largest absolute Gasteiger partial charge is 0.493 e. The van der Waals surface area contributed by atoms with Crippen LogP contribution in [0.15, 0.2) is 30.3 Å². The van der Waals surface area contributed by atoms with Gasteiger partial charge in [-0.25, -0.2) is 0 Å². The summed E-state index contributed by atoms with van der Waals surface area (Å²) in [4.78, 5) is 28.9. The van der Waals surface area contributed by atoms with Crippen molar-refractivity contribution in [1.82, 2.24) is 0 Å². The van der Waals surface area contributed by atoms with Crippen LogP contribution in [0.2, 0.25) is 0 Å². The van der Waals surface area contributed by atoms with E-state index in [2.05, 4.69) is 0 Å². The molecule has 1 aliphatic rings. The summed E-state index contributed by atoms with van der Waals surface area (Å²) in [6, 6.07) is 7.76. The Morgan fingerprint density at radius 3 is 2.48 bits per heavy atom. The number of nitro benzene ring substituents is 1. The summed E-state index contributed by atoms with van der Waals surface area (Å²) in [5.41, 5.74) is 1.28. The molecule has 1 heterocycles. The van der Waals surface area contributed by atoms with E-state index in [1.54, 1.807) is 31.2 Å². The number of rotatable bonds is 4. The minimum Gasteiger partial charge on any atom is -0.493 e. The zero-order valence-electron chi connectivity index (χ0n) is 13.9. The Balaban J connectivity index is 2.07. The third-order valence-electron chi connectivity index (χ3n) is 3.87. The second kappa shape index (κ2) is 6.31. The highest BCUT2D eigenvalue weighted by molar-refractivity contribution is 5.97. The number of fused-ring (bicyclic) bond motifs is 1. The molecule has 0 atom stereocenters. The van der Waals surface area contributed by atoms with Crippen molar-refractivity contribution >= 4 is 17.3 Å². The van der Waals surface area contributed by atoms with Gasteiger partial charge in [0.25, 0.3) is 11.6 Å². The van der Waals surface area contributed by atoms with Crippen LogP contribution in [0.4, 0.5) is 11.4 Å². The number of anilines is 1. The molecule has 0 N–H and O–H groups in total. The monoisotopic (exact) mass is 344 g/mol. The minimum absolute atomic E-state index is 0.0286. The zero-order chi connectivity index (χ0) is 18.1. The first-order valence-corrected chi connectivity index (χ1v) is 7.45. The van der Waals surface area contributed by atoms with E-state index < -0.39 is 10.8 Å². The molecule has 130 valence electrons. The van der Waals surface area contributed by atoms with Crippen molar-refractivity contribution in [3.05, 3.63) is 51.6 Å². The Morgan fingerprint density at radius 1 is 1.16 bits per heavy atom. The predicted molar refractivity (Wildman–Crippen MR) is 89.2 cm³/mol. The Labute approximate surface area is 143 Å². The van der Waals surface area contributed by atoms with E-state index in [1.807, 2.05) is 0 Å². The third-order valence-corrected chi connectivity index (χ3v) is 3.87. The van der Waals surface area contributed by atoms with E-state index in [0.29, 0.717) is 22.8 Å². The molecule has 8 heteroatoms. The molecule has 0 aliphatic carbocycles. The highest BCUT2D eigenvalue weighted by atomic mass is 16.7. The van der Waals surface area contributed by atoms with Gasteiger partial charge in [0.1, 0.15) is 0 Å². The van der Waals surface area contributed by atoms with Gasteiger partial charge in [-0.2, -0.15) is 0 Å². The van der Waals surface area contributed by atoms with Gasteiger partial charge in [-0.15, -0.1) is 5.06 Å².